The molecule has 1 saturated heterocycles. The van der Waals surface area contributed by atoms with Crippen LogP contribution in [0.1, 0.15) is 27.0 Å². The van der Waals surface area contributed by atoms with Gasteiger partial charge in [-0.3, -0.25) is 9.69 Å². The van der Waals surface area contributed by atoms with E-state index in [-0.39, 0.29) is 5.91 Å². The van der Waals surface area contributed by atoms with Gasteiger partial charge in [-0.25, -0.2) is 4.39 Å². The summed E-state index contributed by atoms with van der Waals surface area (Å²) < 4.78 is 13.5. The van der Waals surface area contributed by atoms with Gasteiger partial charge in [0.25, 0.3) is 5.91 Å². The fraction of sp³-hybridized carbons (Fsp3) is 0.269. The van der Waals surface area contributed by atoms with Crippen LogP contribution in [0.3, 0.4) is 0 Å². The van der Waals surface area contributed by atoms with Crippen LogP contribution in [0.4, 0.5) is 10.1 Å². The van der Waals surface area contributed by atoms with E-state index in [2.05, 4.69) is 45.4 Å². The Balaban J connectivity index is 1.36. The molecule has 1 N–H and O–H groups in total. The Hall–Kier alpha value is -3.18. The molecule has 1 heterocycles. The van der Waals surface area contributed by atoms with E-state index in [1.165, 1.54) is 23.4 Å². The standard InChI is InChI=1S/C26H28FN3O/c1-20-11-12-23(27)17-25(20)26(31)28-18-21-7-5-6-8-22(21)19-29-13-15-30(16-14-29)24-9-3-2-4-10-24/h2-12,17H,13-16,18-19H2,1H3,(H,28,31). The Bertz CT molecular complexity index is 1030. The molecule has 160 valence electrons. The predicted octanol–water partition coefficient (Wildman–Crippen LogP) is 4.39. The minimum absolute atomic E-state index is 0.247. The van der Waals surface area contributed by atoms with Crippen molar-refractivity contribution in [2.45, 2.75) is 20.0 Å². The van der Waals surface area contributed by atoms with E-state index in [1.807, 2.05) is 31.2 Å². The second-order valence-corrected chi connectivity index (χ2v) is 8.01. The summed E-state index contributed by atoms with van der Waals surface area (Å²) in [6.45, 7) is 7.10. The lowest BCUT2D eigenvalue weighted by molar-refractivity contribution is 0.0949. The Morgan fingerprint density at radius 3 is 2.32 bits per heavy atom. The van der Waals surface area contributed by atoms with Crippen LogP contribution >= 0.6 is 0 Å². The Morgan fingerprint density at radius 1 is 0.903 bits per heavy atom. The summed E-state index contributed by atoms with van der Waals surface area (Å²) in [5, 5.41) is 2.96. The largest absolute Gasteiger partial charge is 0.369 e. The number of aryl methyl sites for hydroxylation is 1. The smallest absolute Gasteiger partial charge is 0.251 e. The molecule has 0 radical (unpaired) electrons. The third-order valence-electron chi connectivity index (χ3n) is 5.89. The lowest BCUT2D eigenvalue weighted by atomic mass is 10.1. The van der Waals surface area contributed by atoms with Crippen LogP contribution in [0, 0.1) is 12.7 Å². The van der Waals surface area contributed by atoms with E-state index < -0.39 is 5.82 Å². The van der Waals surface area contributed by atoms with E-state index in [4.69, 9.17) is 0 Å². The molecule has 31 heavy (non-hydrogen) atoms. The maximum absolute atomic E-state index is 13.5. The van der Waals surface area contributed by atoms with E-state index in [9.17, 15) is 9.18 Å². The first-order valence-corrected chi connectivity index (χ1v) is 10.7. The summed E-state index contributed by atoms with van der Waals surface area (Å²) in [7, 11) is 0. The number of carbonyl (C=O) groups excluding carboxylic acids is 1. The highest BCUT2D eigenvalue weighted by molar-refractivity contribution is 5.95. The van der Waals surface area contributed by atoms with Crippen LogP contribution in [0.25, 0.3) is 0 Å². The molecule has 1 aliphatic rings. The van der Waals surface area contributed by atoms with Gasteiger partial charge in [-0.1, -0.05) is 48.5 Å². The van der Waals surface area contributed by atoms with Gasteiger partial charge in [-0.15, -0.1) is 0 Å². The van der Waals surface area contributed by atoms with E-state index >= 15 is 0 Å². The van der Waals surface area contributed by atoms with E-state index in [0.29, 0.717) is 12.1 Å². The molecule has 0 aliphatic carbocycles. The minimum atomic E-state index is -0.397. The van der Waals surface area contributed by atoms with Gasteiger partial charge in [0, 0.05) is 50.5 Å². The molecule has 4 rings (SSSR count). The van der Waals surface area contributed by atoms with Crippen LogP contribution in [-0.4, -0.2) is 37.0 Å². The average Bonchev–Trinajstić information content (AvgIpc) is 2.81. The van der Waals surface area contributed by atoms with Crippen LogP contribution < -0.4 is 10.2 Å². The zero-order valence-electron chi connectivity index (χ0n) is 17.9. The fourth-order valence-corrected chi connectivity index (χ4v) is 4.04. The van der Waals surface area contributed by atoms with Gasteiger partial charge >= 0.3 is 0 Å². The van der Waals surface area contributed by atoms with Crippen molar-refractivity contribution in [2.24, 2.45) is 0 Å². The maximum atomic E-state index is 13.5. The summed E-state index contributed by atoms with van der Waals surface area (Å²) in [5.41, 5.74) is 4.73. The number of benzene rings is 3. The molecule has 1 fully saturated rings. The van der Waals surface area contributed by atoms with Crippen LogP contribution in [0.2, 0.25) is 0 Å². The van der Waals surface area contributed by atoms with Crippen molar-refractivity contribution in [3.8, 4) is 0 Å². The predicted molar refractivity (Wildman–Crippen MR) is 123 cm³/mol. The van der Waals surface area contributed by atoms with Crippen molar-refractivity contribution in [2.75, 3.05) is 31.1 Å². The number of para-hydroxylation sites is 1. The number of nitrogens with one attached hydrogen (secondary N) is 1. The number of anilines is 1. The third kappa shape index (κ3) is 5.30. The summed E-state index contributed by atoms with van der Waals surface area (Å²) in [6.07, 6.45) is 0. The first kappa shape index (κ1) is 21.1. The van der Waals surface area contributed by atoms with Crippen LogP contribution in [-0.2, 0) is 13.1 Å². The third-order valence-corrected chi connectivity index (χ3v) is 5.89. The zero-order chi connectivity index (χ0) is 21.6. The topological polar surface area (TPSA) is 35.6 Å². The highest BCUT2D eigenvalue weighted by atomic mass is 19.1. The number of rotatable bonds is 6. The Labute approximate surface area is 183 Å². The number of hydrogen-bond acceptors (Lipinski definition) is 3. The summed E-state index contributed by atoms with van der Waals surface area (Å²) >= 11 is 0. The molecule has 4 nitrogen and oxygen atoms in total. The number of piperazine rings is 1. The minimum Gasteiger partial charge on any atom is -0.369 e. The summed E-state index contributed by atoms with van der Waals surface area (Å²) in [4.78, 5) is 17.4. The first-order valence-electron chi connectivity index (χ1n) is 10.7. The molecular formula is C26H28FN3O. The van der Waals surface area contributed by atoms with Crippen molar-refractivity contribution in [1.29, 1.82) is 0 Å². The van der Waals surface area contributed by atoms with E-state index in [0.717, 1.165) is 43.9 Å². The van der Waals surface area contributed by atoms with Crippen molar-refractivity contribution >= 4 is 11.6 Å². The van der Waals surface area contributed by atoms with Gasteiger partial charge in [0.2, 0.25) is 0 Å². The normalized spacial score (nSPS) is 14.5. The number of hydrogen-bond donors (Lipinski definition) is 1. The lowest BCUT2D eigenvalue weighted by Gasteiger charge is -2.36. The molecule has 1 aliphatic heterocycles. The van der Waals surface area contributed by atoms with Crippen molar-refractivity contribution in [3.05, 3.63) is 101 Å². The van der Waals surface area contributed by atoms with Gasteiger partial charge in [-0.05, 0) is 47.9 Å². The summed E-state index contributed by atoms with van der Waals surface area (Å²) in [6, 6.07) is 23.0. The van der Waals surface area contributed by atoms with Crippen molar-refractivity contribution < 1.29 is 9.18 Å². The monoisotopic (exact) mass is 417 g/mol. The molecule has 0 unspecified atom stereocenters. The molecule has 5 heteroatoms. The number of halogens is 1. The second kappa shape index (κ2) is 9.75. The fourth-order valence-electron chi connectivity index (χ4n) is 4.04. The number of carbonyl (C=O) groups is 1. The summed E-state index contributed by atoms with van der Waals surface area (Å²) in [5.74, 6) is -0.644. The Morgan fingerprint density at radius 2 is 1.58 bits per heavy atom. The van der Waals surface area contributed by atoms with Crippen molar-refractivity contribution in [1.82, 2.24) is 10.2 Å². The SMILES string of the molecule is Cc1ccc(F)cc1C(=O)NCc1ccccc1CN1CCN(c2ccccc2)CC1. The van der Waals surface area contributed by atoms with Crippen LogP contribution in [0.5, 0.6) is 0 Å². The highest BCUT2D eigenvalue weighted by Crippen LogP contribution is 2.18. The van der Waals surface area contributed by atoms with Gasteiger partial charge in [0.05, 0.1) is 0 Å². The molecule has 3 aromatic rings. The number of amides is 1. The van der Waals surface area contributed by atoms with Crippen molar-refractivity contribution in [3.63, 3.8) is 0 Å². The molecule has 0 spiro atoms. The average molecular weight is 418 g/mol. The highest BCUT2D eigenvalue weighted by Gasteiger charge is 2.18. The second-order valence-electron chi connectivity index (χ2n) is 8.01. The molecule has 0 saturated carbocycles. The molecule has 3 aromatic carbocycles. The molecule has 0 bridgehead atoms. The van der Waals surface area contributed by atoms with Gasteiger partial charge < -0.3 is 10.2 Å². The quantitative estimate of drug-likeness (QED) is 0.646. The first-order chi connectivity index (χ1) is 15.1. The molecule has 0 aromatic heterocycles. The van der Waals surface area contributed by atoms with Crippen LogP contribution in [0.15, 0.2) is 72.8 Å². The molecular weight excluding hydrogens is 389 g/mol. The van der Waals surface area contributed by atoms with Gasteiger partial charge in [0.15, 0.2) is 0 Å². The molecule has 1 amide bonds. The maximum Gasteiger partial charge on any atom is 0.251 e. The zero-order valence-corrected chi connectivity index (χ0v) is 17.9. The van der Waals surface area contributed by atoms with E-state index in [1.54, 1.807) is 6.07 Å². The van der Waals surface area contributed by atoms with Gasteiger partial charge in [-0.2, -0.15) is 0 Å². The Kier molecular flexibility index (Phi) is 6.63. The molecule has 0 atom stereocenters. The van der Waals surface area contributed by atoms with Gasteiger partial charge in [0.1, 0.15) is 5.82 Å². The lowest BCUT2D eigenvalue weighted by Crippen LogP contribution is -2.46. The number of nitrogens with zero attached hydrogens (tertiary/aromatic N) is 2.